The van der Waals surface area contributed by atoms with Crippen LogP contribution in [0.15, 0.2) is 60.7 Å². The highest BCUT2D eigenvalue weighted by molar-refractivity contribution is 6.99. The Hall–Kier alpha value is -1.13. The van der Waals surface area contributed by atoms with Crippen molar-refractivity contribution in [1.82, 2.24) is 5.32 Å². The molecule has 24 heavy (non-hydrogen) atoms. The van der Waals surface area contributed by atoms with Crippen LogP contribution in [0.3, 0.4) is 0 Å². The minimum Gasteiger partial charge on any atom is -0.403 e. The van der Waals surface area contributed by atoms with Gasteiger partial charge >= 0.3 is 0 Å². The standard InChI is InChI=1S/C20H27NOSi.ClH/c1-20(2,3)23(18-10-6-4-7-11-18,19-12-8-5-9-13-19)22-17-14-15-21-16-17;/h4-13,17,21H,14-16H2,1-3H3;1H/t17-;/m0./s1. The number of hydrogen-bond donors (Lipinski definition) is 1. The van der Waals surface area contributed by atoms with E-state index in [1.54, 1.807) is 0 Å². The van der Waals surface area contributed by atoms with Crippen LogP contribution in [0.4, 0.5) is 0 Å². The van der Waals surface area contributed by atoms with Crippen molar-refractivity contribution in [2.45, 2.75) is 38.3 Å². The number of nitrogens with one attached hydrogen (secondary N) is 1. The maximum Gasteiger partial charge on any atom is 0.261 e. The molecule has 1 atom stereocenters. The molecule has 0 aromatic heterocycles. The first-order valence-electron chi connectivity index (χ1n) is 8.53. The van der Waals surface area contributed by atoms with Crippen LogP contribution in [0, 0.1) is 0 Å². The fourth-order valence-electron chi connectivity index (χ4n) is 3.67. The highest BCUT2D eigenvalue weighted by atomic mass is 35.5. The molecule has 1 aliphatic rings. The maximum atomic E-state index is 7.01. The summed E-state index contributed by atoms with van der Waals surface area (Å²) in [4.78, 5) is 0. The van der Waals surface area contributed by atoms with Gasteiger partial charge in [-0.1, -0.05) is 81.4 Å². The Morgan fingerprint density at radius 3 is 1.79 bits per heavy atom. The zero-order chi connectivity index (χ0) is 16.3. The van der Waals surface area contributed by atoms with Gasteiger partial charge in [0.15, 0.2) is 0 Å². The van der Waals surface area contributed by atoms with Gasteiger partial charge in [-0.15, -0.1) is 12.4 Å². The highest BCUT2D eigenvalue weighted by Crippen LogP contribution is 2.37. The van der Waals surface area contributed by atoms with Crippen molar-refractivity contribution in [2.75, 3.05) is 13.1 Å². The minimum absolute atomic E-state index is 0. The fourth-order valence-corrected chi connectivity index (χ4v) is 8.39. The van der Waals surface area contributed by atoms with E-state index in [4.69, 9.17) is 4.43 Å². The molecule has 0 bridgehead atoms. The van der Waals surface area contributed by atoms with Crippen LogP contribution in [-0.2, 0) is 4.43 Å². The molecule has 1 heterocycles. The fraction of sp³-hybridized carbons (Fsp3) is 0.400. The SMILES string of the molecule is CC(C)(C)[Si](O[C@H]1CCNC1)(c1ccccc1)c1ccccc1.Cl. The third-order valence-electron chi connectivity index (χ3n) is 4.78. The van der Waals surface area contributed by atoms with Gasteiger partial charge in [0.25, 0.3) is 8.32 Å². The summed E-state index contributed by atoms with van der Waals surface area (Å²) in [6.45, 7) is 9.03. The van der Waals surface area contributed by atoms with Crippen molar-refractivity contribution < 1.29 is 4.43 Å². The molecule has 2 aromatic carbocycles. The predicted octanol–water partition coefficient (Wildman–Crippen LogP) is 3.35. The van der Waals surface area contributed by atoms with Gasteiger partial charge in [0.1, 0.15) is 0 Å². The average Bonchev–Trinajstić information content (AvgIpc) is 3.06. The molecule has 0 spiro atoms. The zero-order valence-corrected chi connectivity index (χ0v) is 16.6. The van der Waals surface area contributed by atoms with E-state index in [1.807, 2.05) is 0 Å². The molecule has 3 rings (SSSR count). The lowest BCUT2D eigenvalue weighted by atomic mass is 10.2. The van der Waals surface area contributed by atoms with Gasteiger partial charge in [0, 0.05) is 6.54 Å². The number of benzene rings is 2. The third-order valence-corrected chi connectivity index (χ3v) is 9.87. The highest BCUT2D eigenvalue weighted by Gasteiger charge is 2.51. The first-order valence-corrected chi connectivity index (χ1v) is 10.4. The summed E-state index contributed by atoms with van der Waals surface area (Å²) in [5.41, 5.74) is 0. The lowest BCUT2D eigenvalue weighted by Gasteiger charge is -2.44. The van der Waals surface area contributed by atoms with E-state index in [2.05, 4.69) is 86.8 Å². The Kier molecular flexibility index (Phi) is 6.26. The Bertz CT molecular complexity index is 582. The second kappa shape index (κ2) is 7.83. The lowest BCUT2D eigenvalue weighted by Crippen LogP contribution is -2.67. The van der Waals surface area contributed by atoms with Crippen molar-refractivity contribution in [2.24, 2.45) is 0 Å². The molecule has 2 aromatic rings. The van der Waals surface area contributed by atoms with Crippen LogP contribution < -0.4 is 15.7 Å². The van der Waals surface area contributed by atoms with Gasteiger partial charge in [-0.3, -0.25) is 0 Å². The molecule has 1 N–H and O–H groups in total. The van der Waals surface area contributed by atoms with E-state index in [1.165, 1.54) is 10.4 Å². The molecule has 4 heteroatoms. The van der Waals surface area contributed by atoms with Crippen molar-refractivity contribution in [1.29, 1.82) is 0 Å². The average molecular weight is 362 g/mol. The second-order valence-electron chi connectivity index (χ2n) is 7.40. The van der Waals surface area contributed by atoms with Gasteiger partial charge in [0.05, 0.1) is 6.10 Å². The van der Waals surface area contributed by atoms with Crippen molar-refractivity contribution in [3.05, 3.63) is 60.7 Å². The summed E-state index contributed by atoms with van der Waals surface area (Å²) >= 11 is 0. The van der Waals surface area contributed by atoms with Gasteiger partial charge in [-0.2, -0.15) is 0 Å². The Morgan fingerprint density at radius 1 is 0.917 bits per heavy atom. The first kappa shape index (κ1) is 19.2. The van der Waals surface area contributed by atoms with Crippen LogP contribution >= 0.6 is 12.4 Å². The van der Waals surface area contributed by atoms with Crippen molar-refractivity contribution >= 4 is 31.1 Å². The van der Waals surface area contributed by atoms with E-state index in [0.29, 0.717) is 6.10 Å². The number of hydrogen-bond acceptors (Lipinski definition) is 2. The summed E-state index contributed by atoms with van der Waals surface area (Å²) in [5, 5.41) is 6.25. The molecule has 2 nitrogen and oxygen atoms in total. The quantitative estimate of drug-likeness (QED) is 0.843. The van der Waals surface area contributed by atoms with E-state index in [0.717, 1.165) is 19.5 Å². The maximum absolute atomic E-state index is 7.01. The van der Waals surface area contributed by atoms with E-state index < -0.39 is 8.32 Å². The molecule has 1 saturated heterocycles. The summed E-state index contributed by atoms with van der Waals surface area (Å²) < 4.78 is 7.01. The molecule has 130 valence electrons. The number of halogens is 1. The molecule has 0 aliphatic carbocycles. The van der Waals surface area contributed by atoms with E-state index >= 15 is 0 Å². The summed E-state index contributed by atoms with van der Waals surface area (Å²) in [5.74, 6) is 0. The van der Waals surface area contributed by atoms with Crippen molar-refractivity contribution in [3.8, 4) is 0 Å². The third kappa shape index (κ3) is 3.59. The van der Waals surface area contributed by atoms with Gasteiger partial charge in [0.2, 0.25) is 0 Å². The normalized spacial score (nSPS) is 18.2. The van der Waals surface area contributed by atoms with Gasteiger partial charge < -0.3 is 9.74 Å². The summed E-state index contributed by atoms with van der Waals surface area (Å²) in [7, 11) is -2.35. The summed E-state index contributed by atoms with van der Waals surface area (Å²) in [6.07, 6.45) is 1.41. The van der Waals surface area contributed by atoms with Crippen LogP contribution in [-0.4, -0.2) is 27.5 Å². The number of rotatable bonds is 4. The smallest absolute Gasteiger partial charge is 0.261 e. The second-order valence-corrected chi connectivity index (χ2v) is 11.6. The Balaban J connectivity index is 0.00000208. The van der Waals surface area contributed by atoms with Crippen molar-refractivity contribution in [3.63, 3.8) is 0 Å². The van der Waals surface area contributed by atoms with Crippen LogP contribution in [0.1, 0.15) is 27.2 Å². The Morgan fingerprint density at radius 2 is 1.42 bits per heavy atom. The first-order chi connectivity index (χ1) is 11.0. The topological polar surface area (TPSA) is 21.3 Å². The van der Waals surface area contributed by atoms with E-state index in [9.17, 15) is 0 Å². The molecule has 0 unspecified atom stereocenters. The van der Waals surface area contributed by atoms with Crippen LogP contribution in [0.2, 0.25) is 5.04 Å². The minimum atomic E-state index is -2.35. The van der Waals surface area contributed by atoms with Crippen LogP contribution in [0.25, 0.3) is 0 Å². The lowest BCUT2D eigenvalue weighted by molar-refractivity contribution is 0.207. The molecular weight excluding hydrogens is 334 g/mol. The molecule has 1 aliphatic heterocycles. The molecule has 0 radical (unpaired) electrons. The molecule has 0 saturated carbocycles. The molecular formula is C20H28ClNOSi. The van der Waals surface area contributed by atoms with Gasteiger partial charge in [-0.05, 0) is 28.4 Å². The zero-order valence-electron chi connectivity index (χ0n) is 14.8. The molecule has 1 fully saturated rings. The summed E-state index contributed by atoms with van der Waals surface area (Å²) in [6, 6.07) is 21.8. The largest absolute Gasteiger partial charge is 0.403 e. The monoisotopic (exact) mass is 361 g/mol. The molecule has 0 amide bonds. The van der Waals surface area contributed by atoms with Gasteiger partial charge in [-0.25, -0.2) is 0 Å². The van der Waals surface area contributed by atoms with Crippen LogP contribution in [0.5, 0.6) is 0 Å². The van der Waals surface area contributed by atoms with E-state index in [-0.39, 0.29) is 17.4 Å². The Labute approximate surface area is 153 Å². The predicted molar refractivity (Wildman–Crippen MR) is 107 cm³/mol.